The molecule has 0 saturated heterocycles. The van der Waals surface area contributed by atoms with Gasteiger partial charge in [-0.25, -0.2) is 8.42 Å². The van der Waals surface area contributed by atoms with Crippen LogP contribution in [0.4, 0.5) is 0 Å². The zero-order chi connectivity index (χ0) is 20.2. The summed E-state index contributed by atoms with van der Waals surface area (Å²) in [5, 5.41) is -0.0502. The summed E-state index contributed by atoms with van der Waals surface area (Å²) < 4.78 is 33.4. The molecule has 0 spiro atoms. The smallest absolute Gasteiger partial charge is 0.321 e. The van der Waals surface area contributed by atoms with Crippen molar-refractivity contribution in [2.45, 2.75) is 17.7 Å². The molecule has 0 radical (unpaired) electrons. The molecule has 2 rings (SSSR count). The van der Waals surface area contributed by atoms with Crippen LogP contribution in [0, 0.1) is 0 Å². The molecule has 2 aromatic carbocycles. The number of Topliss-reactive ketones (excluding diaryl/α,β-unsaturated/α-hetero) is 1. The second-order valence-corrected chi connectivity index (χ2v) is 8.16. The standard InChI is InChI=1S/C19H19ClO6S/c1-4-26-19(22)17(12-5-7-13(25-2)8-6-12)18(21)15-10-9-14(11-16(15)20)27(3,23)24/h5-11,17H,4H2,1-3H3/t17-/m1/s1. The van der Waals surface area contributed by atoms with Gasteiger partial charge in [-0.05, 0) is 42.8 Å². The number of halogens is 1. The van der Waals surface area contributed by atoms with E-state index in [1.165, 1.54) is 25.3 Å². The number of ketones is 1. The average Bonchev–Trinajstić information content (AvgIpc) is 2.61. The summed E-state index contributed by atoms with van der Waals surface area (Å²) in [5.41, 5.74) is 0.459. The Morgan fingerprint density at radius 1 is 1.11 bits per heavy atom. The van der Waals surface area contributed by atoms with E-state index in [1.54, 1.807) is 31.2 Å². The van der Waals surface area contributed by atoms with Crippen LogP contribution >= 0.6 is 11.6 Å². The minimum atomic E-state index is -3.47. The third-order valence-electron chi connectivity index (χ3n) is 3.87. The number of hydrogen-bond acceptors (Lipinski definition) is 6. The SMILES string of the molecule is CCOC(=O)[C@@H](C(=O)c1ccc(S(C)(=O)=O)cc1Cl)c1ccc(OC)cc1. The summed E-state index contributed by atoms with van der Waals surface area (Å²) in [4.78, 5) is 25.5. The molecule has 0 amide bonds. The molecule has 0 unspecified atom stereocenters. The third kappa shape index (κ3) is 4.87. The van der Waals surface area contributed by atoms with Crippen molar-refractivity contribution in [3.05, 3.63) is 58.6 Å². The molecule has 2 aromatic rings. The van der Waals surface area contributed by atoms with E-state index in [0.717, 1.165) is 6.26 Å². The van der Waals surface area contributed by atoms with Crippen molar-refractivity contribution in [3.63, 3.8) is 0 Å². The van der Waals surface area contributed by atoms with E-state index in [0.29, 0.717) is 11.3 Å². The minimum absolute atomic E-state index is 0.0128. The van der Waals surface area contributed by atoms with Gasteiger partial charge in [-0.3, -0.25) is 9.59 Å². The largest absolute Gasteiger partial charge is 0.497 e. The highest BCUT2D eigenvalue weighted by atomic mass is 35.5. The molecule has 0 aromatic heterocycles. The summed E-state index contributed by atoms with van der Waals surface area (Å²) >= 11 is 6.13. The van der Waals surface area contributed by atoms with Gasteiger partial charge >= 0.3 is 5.97 Å². The van der Waals surface area contributed by atoms with Crippen LogP contribution in [0.15, 0.2) is 47.4 Å². The molecule has 0 bridgehead atoms. The van der Waals surface area contributed by atoms with Crippen LogP contribution in [0.2, 0.25) is 5.02 Å². The summed E-state index contributed by atoms with van der Waals surface area (Å²) in [5.74, 6) is -1.94. The molecule has 0 aliphatic heterocycles. The Balaban J connectivity index is 2.49. The van der Waals surface area contributed by atoms with Crippen molar-refractivity contribution < 1.29 is 27.5 Å². The van der Waals surface area contributed by atoms with Gasteiger partial charge in [0.1, 0.15) is 11.7 Å². The topological polar surface area (TPSA) is 86.7 Å². The number of methoxy groups -OCH3 is 1. The van der Waals surface area contributed by atoms with Gasteiger partial charge in [-0.2, -0.15) is 0 Å². The normalized spacial score (nSPS) is 12.3. The maximum absolute atomic E-state index is 13.0. The van der Waals surface area contributed by atoms with E-state index >= 15 is 0 Å². The first-order chi connectivity index (χ1) is 12.7. The number of hydrogen-bond donors (Lipinski definition) is 0. The molecule has 0 fully saturated rings. The minimum Gasteiger partial charge on any atom is -0.497 e. The first-order valence-corrected chi connectivity index (χ1v) is 10.3. The highest BCUT2D eigenvalue weighted by Gasteiger charge is 2.32. The van der Waals surface area contributed by atoms with Crippen LogP contribution in [0.25, 0.3) is 0 Å². The molecule has 1 atom stereocenters. The number of carbonyl (C=O) groups is 2. The Labute approximate surface area is 163 Å². The van der Waals surface area contributed by atoms with Crippen LogP contribution in [-0.2, 0) is 19.4 Å². The lowest BCUT2D eigenvalue weighted by molar-refractivity contribution is -0.143. The van der Waals surface area contributed by atoms with Crippen molar-refractivity contribution in [2.75, 3.05) is 20.0 Å². The van der Waals surface area contributed by atoms with E-state index in [4.69, 9.17) is 21.1 Å². The molecule has 0 aliphatic carbocycles. The summed E-state index contributed by atoms with van der Waals surface area (Å²) in [6.45, 7) is 1.75. The van der Waals surface area contributed by atoms with Crippen molar-refractivity contribution in [2.24, 2.45) is 0 Å². The second-order valence-electron chi connectivity index (χ2n) is 5.74. The number of rotatable bonds is 7. The Hall–Kier alpha value is -2.38. The van der Waals surface area contributed by atoms with E-state index in [1.807, 2.05) is 0 Å². The molecule has 0 heterocycles. The zero-order valence-corrected chi connectivity index (χ0v) is 16.6. The fourth-order valence-corrected chi connectivity index (χ4v) is 3.48. The van der Waals surface area contributed by atoms with Gasteiger partial charge in [0.15, 0.2) is 15.6 Å². The molecule has 0 N–H and O–H groups in total. The second kappa shape index (κ2) is 8.54. The predicted molar refractivity (Wildman–Crippen MR) is 101 cm³/mol. The number of benzene rings is 2. The fraction of sp³-hybridized carbons (Fsp3) is 0.263. The van der Waals surface area contributed by atoms with Crippen molar-refractivity contribution >= 4 is 33.2 Å². The van der Waals surface area contributed by atoms with Gasteiger partial charge in [-0.1, -0.05) is 23.7 Å². The highest BCUT2D eigenvalue weighted by Crippen LogP contribution is 2.29. The van der Waals surface area contributed by atoms with Crippen molar-refractivity contribution in [3.8, 4) is 5.75 Å². The quantitative estimate of drug-likeness (QED) is 0.395. The Morgan fingerprint density at radius 2 is 1.74 bits per heavy atom. The molecule has 0 saturated carbocycles. The molecule has 144 valence electrons. The maximum Gasteiger partial charge on any atom is 0.321 e. The van der Waals surface area contributed by atoms with Crippen LogP contribution in [0.5, 0.6) is 5.75 Å². The van der Waals surface area contributed by atoms with E-state index in [-0.39, 0.29) is 22.1 Å². The van der Waals surface area contributed by atoms with Crippen LogP contribution in [-0.4, -0.2) is 40.1 Å². The Morgan fingerprint density at radius 3 is 2.22 bits per heavy atom. The highest BCUT2D eigenvalue weighted by molar-refractivity contribution is 7.90. The lowest BCUT2D eigenvalue weighted by atomic mass is 9.90. The zero-order valence-electron chi connectivity index (χ0n) is 15.1. The van der Waals surface area contributed by atoms with Crippen molar-refractivity contribution in [1.29, 1.82) is 0 Å². The lowest BCUT2D eigenvalue weighted by Crippen LogP contribution is -2.24. The number of carbonyl (C=O) groups excluding carboxylic acids is 2. The predicted octanol–water partition coefficient (Wildman–Crippen LogP) is 3.28. The van der Waals surface area contributed by atoms with E-state index < -0.39 is 27.5 Å². The molecule has 27 heavy (non-hydrogen) atoms. The number of ether oxygens (including phenoxy) is 2. The molecule has 8 heteroatoms. The third-order valence-corrected chi connectivity index (χ3v) is 5.29. The maximum atomic E-state index is 13.0. The Bertz CT molecular complexity index is 951. The van der Waals surface area contributed by atoms with Gasteiger partial charge in [0.2, 0.25) is 0 Å². The van der Waals surface area contributed by atoms with Crippen LogP contribution < -0.4 is 4.74 Å². The average molecular weight is 411 g/mol. The first kappa shape index (κ1) is 20.9. The lowest BCUT2D eigenvalue weighted by Gasteiger charge is -2.16. The monoisotopic (exact) mass is 410 g/mol. The molecular weight excluding hydrogens is 392 g/mol. The van der Waals surface area contributed by atoms with Gasteiger partial charge in [0.25, 0.3) is 0 Å². The molecule has 0 aliphatic rings. The van der Waals surface area contributed by atoms with Gasteiger partial charge in [-0.15, -0.1) is 0 Å². The van der Waals surface area contributed by atoms with Crippen LogP contribution in [0.3, 0.4) is 0 Å². The molecular formula is C19H19ClO6S. The van der Waals surface area contributed by atoms with E-state index in [2.05, 4.69) is 0 Å². The molecule has 6 nitrogen and oxygen atoms in total. The summed E-state index contributed by atoms with van der Waals surface area (Å²) in [6, 6.07) is 10.2. The van der Waals surface area contributed by atoms with Gasteiger partial charge < -0.3 is 9.47 Å². The summed E-state index contributed by atoms with van der Waals surface area (Å²) in [6.07, 6.45) is 1.04. The first-order valence-electron chi connectivity index (χ1n) is 8.03. The number of esters is 1. The fourth-order valence-electron chi connectivity index (χ4n) is 2.50. The number of sulfone groups is 1. The summed E-state index contributed by atoms with van der Waals surface area (Å²) in [7, 11) is -1.97. The van der Waals surface area contributed by atoms with E-state index in [9.17, 15) is 18.0 Å². The van der Waals surface area contributed by atoms with Crippen molar-refractivity contribution in [1.82, 2.24) is 0 Å². The van der Waals surface area contributed by atoms with Gasteiger partial charge in [0, 0.05) is 11.8 Å². The Kier molecular flexibility index (Phi) is 6.62. The van der Waals surface area contributed by atoms with Crippen LogP contribution in [0.1, 0.15) is 28.8 Å². The van der Waals surface area contributed by atoms with Gasteiger partial charge in [0.05, 0.1) is 23.6 Å².